The third kappa shape index (κ3) is 4.90. The summed E-state index contributed by atoms with van der Waals surface area (Å²) in [6, 6.07) is 9.13. The Labute approximate surface area is 218 Å². The van der Waals surface area contributed by atoms with Crippen molar-refractivity contribution >= 4 is 21.0 Å². The van der Waals surface area contributed by atoms with E-state index in [-0.39, 0.29) is 53.7 Å². The molecule has 1 atom stereocenters. The summed E-state index contributed by atoms with van der Waals surface area (Å²) >= 11 is 0. The zero-order valence-electron chi connectivity index (χ0n) is 19.6. The minimum atomic E-state index is -4.06. The van der Waals surface area contributed by atoms with Crippen LogP contribution in [0.5, 0.6) is 11.8 Å². The predicted molar refractivity (Wildman–Crippen MR) is 119 cm³/mol. The molecular formula is C22H20FN4NaO5S. The molecular weight excluding hydrogens is 474 g/mol. The van der Waals surface area contributed by atoms with E-state index in [2.05, 4.69) is 14.7 Å². The number of aromatic nitrogens is 2. The molecule has 0 aliphatic rings. The Bertz CT molecular complexity index is 1520. The van der Waals surface area contributed by atoms with Crippen LogP contribution in [0.4, 0.5) is 4.39 Å². The molecule has 0 fully saturated rings. The molecule has 0 spiro atoms. The maximum absolute atomic E-state index is 15.1. The molecule has 12 heteroatoms. The molecule has 4 rings (SSSR count). The molecule has 3 N–H and O–H groups in total. The molecule has 0 amide bonds. The Morgan fingerprint density at radius 2 is 1.88 bits per heavy atom. The van der Waals surface area contributed by atoms with Crippen LogP contribution in [0.25, 0.3) is 11.0 Å². The average molecular weight is 494 g/mol. The smallest absolute Gasteiger partial charge is 1.00 e. The van der Waals surface area contributed by atoms with Gasteiger partial charge in [0.2, 0.25) is 10.0 Å². The summed E-state index contributed by atoms with van der Waals surface area (Å²) in [7, 11) is -2.89. The fourth-order valence-electron chi connectivity index (χ4n) is 3.46. The van der Waals surface area contributed by atoms with Crippen LogP contribution in [-0.2, 0) is 10.0 Å². The molecule has 0 aliphatic heterocycles. The SMILES string of the molecule is CNS(=O)(=O)c1cccc(C(N)c2c(C)c3ccc(Oc4ncccn4)cc3oc2=O)c1F.[H-].[Na+]. The molecule has 172 valence electrons. The minimum Gasteiger partial charge on any atom is -1.00 e. The first kappa shape index (κ1) is 25.9. The van der Waals surface area contributed by atoms with Crippen LogP contribution >= 0.6 is 0 Å². The number of hydrogen-bond donors (Lipinski definition) is 2. The summed E-state index contributed by atoms with van der Waals surface area (Å²) in [5.41, 5.74) is 6.03. The Morgan fingerprint density at radius 1 is 1.18 bits per heavy atom. The minimum absolute atomic E-state index is 0. The topological polar surface area (TPSA) is 137 Å². The first-order valence-corrected chi connectivity index (χ1v) is 11.2. The average Bonchev–Trinajstić information content (AvgIpc) is 2.79. The number of nitrogens with two attached hydrogens (primary N) is 1. The van der Waals surface area contributed by atoms with Crippen molar-refractivity contribution in [1.82, 2.24) is 14.7 Å². The van der Waals surface area contributed by atoms with E-state index in [9.17, 15) is 13.2 Å². The summed E-state index contributed by atoms with van der Waals surface area (Å²) in [5, 5.41) is 0.556. The van der Waals surface area contributed by atoms with Crippen LogP contribution in [0.2, 0.25) is 0 Å². The van der Waals surface area contributed by atoms with Crippen LogP contribution in [0, 0.1) is 12.7 Å². The van der Waals surface area contributed by atoms with E-state index in [0.717, 1.165) is 6.07 Å². The van der Waals surface area contributed by atoms with Gasteiger partial charge in [-0.25, -0.2) is 32.3 Å². The molecule has 2 heterocycles. The maximum Gasteiger partial charge on any atom is 1.00 e. The number of rotatable bonds is 6. The van der Waals surface area contributed by atoms with Crippen molar-refractivity contribution in [2.75, 3.05) is 7.05 Å². The number of nitrogens with one attached hydrogen (secondary N) is 1. The predicted octanol–water partition coefficient (Wildman–Crippen LogP) is -0.104. The van der Waals surface area contributed by atoms with Gasteiger partial charge >= 0.3 is 41.2 Å². The van der Waals surface area contributed by atoms with Crippen molar-refractivity contribution < 1.29 is 52.9 Å². The molecule has 0 radical (unpaired) electrons. The number of halogens is 1. The number of fused-ring (bicyclic) bond motifs is 1. The van der Waals surface area contributed by atoms with Gasteiger partial charge in [-0.05, 0) is 43.8 Å². The van der Waals surface area contributed by atoms with E-state index in [1.807, 2.05) is 0 Å². The van der Waals surface area contributed by atoms with Crippen molar-refractivity contribution in [2.45, 2.75) is 17.9 Å². The van der Waals surface area contributed by atoms with Gasteiger partial charge in [-0.15, -0.1) is 0 Å². The molecule has 2 aromatic carbocycles. The standard InChI is InChI=1S/C22H19FN4O5S.Na.H/c1-12-14-8-7-13(31-22-26-9-4-10-27-22)11-16(14)32-21(28)18(12)20(24)15-5-3-6-17(19(15)23)33(29,30)25-2;;/h3-11,20,25H,24H2,1-2H3;;/q;+1;-1. The van der Waals surface area contributed by atoms with Gasteiger partial charge in [0.1, 0.15) is 22.0 Å². The zero-order valence-corrected chi connectivity index (χ0v) is 21.4. The summed E-state index contributed by atoms with van der Waals surface area (Å²) in [5.74, 6) is -0.686. The van der Waals surface area contributed by atoms with Gasteiger partial charge in [0.25, 0.3) is 0 Å². The Balaban J connectivity index is 0.00000216. The fraction of sp³-hybridized carbons (Fsp3) is 0.136. The van der Waals surface area contributed by atoms with Gasteiger partial charge in [0, 0.05) is 29.4 Å². The fourth-order valence-corrected chi connectivity index (χ4v) is 4.29. The number of ether oxygens (including phenoxy) is 1. The van der Waals surface area contributed by atoms with Gasteiger partial charge in [0.05, 0.1) is 11.6 Å². The molecule has 34 heavy (non-hydrogen) atoms. The van der Waals surface area contributed by atoms with E-state index in [1.54, 1.807) is 25.1 Å². The maximum atomic E-state index is 15.1. The largest absolute Gasteiger partial charge is 1.00 e. The summed E-state index contributed by atoms with van der Waals surface area (Å²) in [6.45, 7) is 1.65. The summed E-state index contributed by atoms with van der Waals surface area (Å²) in [6.07, 6.45) is 3.05. The van der Waals surface area contributed by atoms with Crippen molar-refractivity contribution in [1.29, 1.82) is 0 Å². The summed E-state index contributed by atoms with van der Waals surface area (Å²) in [4.78, 5) is 20.2. The van der Waals surface area contributed by atoms with E-state index in [0.29, 0.717) is 16.7 Å². The number of sulfonamides is 1. The monoisotopic (exact) mass is 494 g/mol. The number of benzene rings is 2. The van der Waals surface area contributed by atoms with Crippen molar-refractivity contribution in [3.63, 3.8) is 0 Å². The molecule has 0 saturated heterocycles. The number of aryl methyl sites for hydroxylation is 1. The Kier molecular flexibility index (Phi) is 7.86. The van der Waals surface area contributed by atoms with Crippen molar-refractivity contribution in [3.8, 4) is 11.8 Å². The van der Waals surface area contributed by atoms with E-state index in [1.165, 1.54) is 37.6 Å². The van der Waals surface area contributed by atoms with E-state index >= 15 is 4.39 Å². The van der Waals surface area contributed by atoms with Crippen LogP contribution < -0.4 is 50.4 Å². The van der Waals surface area contributed by atoms with Crippen LogP contribution in [0.15, 0.2) is 69.0 Å². The Morgan fingerprint density at radius 3 is 2.56 bits per heavy atom. The second-order valence-electron chi connectivity index (χ2n) is 7.06. The van der Waals surface area contributed by atoms with Crippen LogP contribution in [0.1, 0.15) is 24.2 Å². The molecule has 2 aromatic heterocycles. The first-order valence-electron chi connectivity index (χ1n) is 9.72. The zero-order chi connectivity index (χ0) is 23.8. The molecule has 9 nitrogen and oxygen atoms in total. The van der Waals surface area contributed by atoms with Gasteiger partial charge in [-0.3, -0.25) is 0 Å². The van der Waals surface area contributed by atoms with E-state index < -0.39 is 32.4 Å². The third-order valence-electron chi connectivity index (χ3n) is 5.13. The van der Waals surface area contributed by atoms with Crippen LogP contribution in [0.3, 0.4) is 0 Å². The third-order valence-corrected chi connectivity index (χ3v) is 6.56. The Hall–Kier alpha value is -2.67. The van der Waals surface area contributed by atoms with Crippen molar-refractivity contribution in [2.24, 2.45) is 5.73 Å². The van der Waals surface area contributed by atoms with Crippen LogP contribution in [-0.4, -0.2) is 25.4 Å². The number of hydrogen-bond acceptors (Lipinski definition) is 8. The number of nitrogens with zero attached hydrogens (tertiary/aromatic N) is 2. The normalized spacial score (nSPS) is 12.2. The second kappa shape index (κ2) is 10.3. The molecule has 0 saturated carbocycles. The first-order chi connectivity index (χ1) is 15.7. The summed E-state index contributed by atoms with van der Waals surface area (Å²) < 4.78 is 52.4. The van der Waals surface area contributed by atoms with Gasteiger partial charge in [-0.2, -0.15) is 0 Å². The molecule has 0 aliphatic carbocycles. The molecule has 1 unspecified atom stereocenters. The van der Waals surface area contributed by atoms with Gasteiger partial charge < -0.3 is 16.3 Å². The molecule has 4 aromatic rings. The van der Waals surface area contributed by atoms with E-state index in [4.69, 9.17) is 14.9 Å². The van der Waals surface area contributed by atoms with Gasteiger partial charge in [0.15, 0.2) is 0 Å². The van der Waals surface area contributed by atoms with Crippen molar-refractivity contribution in [3.05, 3.63) is 87.8 Å². The second-order valence-corrected chi connectivity index (χ2v) is 8.92. The molecule has 0 bridgehead atoms. The quantitative estimate of drug-likeness (QED) is 0.280. The van der Waals surface area contributed by atoms with Gasteiger partial charge in [-0.1, -0.05) is 12.1 Å².